The van der Waals surface area contributed by atoms with E-state index in [0.717, 1.165) is 5.56 Å². The molecule has 0 aromatic heterocycles. The van der Waals surface area contributed by atoms with E-state index in [2.05, 4.69) is 10.6 Å². The van der Waals surface area contributed by atoms with E-state index in [-0.39, 0.29) is 22.5 Å². The van der Waals surface area contributed by atoms with Crippen LogP contribution in [0.15, 0.2) is 83.8 Å². The zero-order chi connectivity index (χ0) is 21.6. The lowest BCUT2D eigenvalue weighted by molar-refractivity contribution is 0.101. The SMILES string of the molecule is CC(=O)c1cccc(CS(=O)(=O)c2ccc(NC(=O)NCc3ccccc3)cc2)c1. The summed E-state index contributed by atoms with van der Waals surface area (Å²) in [6.07, 6.45) is 0. The molecule has 0 spiro atoms. The Kier molecular flexibility index (Phi) is 6.64. The number of carbonyl (C=O) groups excluding carboxylic acids is 2. The van der Waals surface area contributed by atoms with E-state index < -0.39 is 9.84 Å². The highest BCUT2D eigenvalue weighted by atomic mass is 32.2. The van der Waals surface area contributed by atoms with Gasteiger partial charge in [-0.25, -0.2) is 13.2 Å². The van der Waals surface area contributed by atoms with E-state index in [1.165, 1.54) is 19.1 Å². The van der Waals surface area contributed by atoms with Gasteiger partial charge in [0.15, 0.2) is 15.6 Å². The first-order valence-corrected chi connectivity index (χ1v) is 11.0. The third-order valence-electron chi connectivity index (χ3n) is 4.46. The van der Waals surface area contributed by atoms with Crippen LogP contribution in [0, 0.1) is 0 Å². The first kappa shape index (κ1) is 21.3. The van der Waals surface area contributed by atoms with Gasteiger partial charge in [0, 0.05) is 17.8 Å². The summed E-state index contributed by atoms with van der Waals surface area (Å²) in [7, 11) is -3.59. The molecule has 0 saturated heterocycles. The molecule has 3 aromatic carbocycles. The Morgan fingerprint density at radius 1 is 0.833 bits per heavy atom. The van der Waals surface area contributed by atoms with Crippen molar-refractivity contribution in [2.24, 2.45) is 0 Å². The van der Waals surface area contributed by atoms with E-state index in [1.807, 2.05) is 30.3 Å². The van der Waals surface area contributed by atoms with Crippen molar-refractivity contribution in [2.75, 3.05) is 5.32 Å². The molecule has 0 radical (unpaired) electrons. The molecule has 0 aliphatic carbocycles. The van der Waals surface area contributed by atoms with E-state index in [1.54, 1.807) is 36.4 Å². The van der Waals surface area contributed by atoms with Crippen LogP contribution in [0.3, 0.4) is 0 Å². The van der Waals surface area contributed by atoms with Gasteiger partial charge >= 0.3 is 6.03 Å². The normalized spacial score (nSPS) is 11.0. The minimum Gasteiger partial charge on any atom is -0.334 e. The zero-order valence-electron chi connectivity index (χ0n) is 16.5. The van der Waals surface area contributed by atoms with Crippen LogP contribution >= 0.6 is 0 Å². The van der Waals surface area contributed by atoms with Gasteiger partial charge in [0.1, 0.15) is 0 Å². The van der Waals surface area contributed by atoms with Crippen molar-refractivity contribution in [3.8, 4) is 0 Å². The molecule has 0 heterocycles. The molecule has 3 rings (SSSR count). The number of anilines is 1. The van der Waals surface area contributed by atoms with Crippen LogP contribution in [0.2, 0.25) is 0 Å². The molecular formula is C23H22N2O4S. The Morgan fingerprint density at radius 2 is 1.50 bits per heavy atom. The number of nitrogens with one attached hydrogen (secondary N) is 2. The monoisotopic (exact) mass is 422 g/mol. The second kappa shape index (κ2) is 9.37. The van der Waals surface area contributed by atoms with Crippen molar-refractivity contribution in [1.82, 2.24) is 5.32 Å². The molecular weight excluding hydrogens is 400 g/mol. The molecule has 154 valence electrons. The summed E-state index contributed by atoms with van der Waals surface area (Å²) in [5, 5.41) is 5.42. The minimum absolute atomic E-state index is 0.116. The van der Waals surface area contributed by atoms with Crippen molar-refractivity contribution in [2.45, 2.75) is 24.1 Å². The fourth-order valence-electron chi connectivity index (χ4n) is 2.88. The molecule has 6 nitrogen and oxygen atoms in total. The lowest BCUT2D eigenvalue weighted by Gasteiger charge is -2.09. The van der Waals surface area contributed by atoms with Crippen molar-refractivity contribution < 1.29 is 18.0 Å². The fraction of sp³-hybridized carbons (Fsp3) is 0.130. The van der Waals surface area contributed by atoms with Gasteiger partial charge in [-0.3, -0.25) is 4.79 Å². The summed E-state index contributed by atoms with van der Waals surface area (Å²) in [5.74, 6) is -0.325. The lowest BCUT2D eigenvalue weighted by atomic mass is 10.1. The average Bonchev–Trinajstić information content (AvgIpc) is 2.73. The Labute approximate surface area is 175 Å². The van der Waals surface area contributed by atoms with Crippen LogP contribution in [0.1, 0.15) is 28.4 Å². The fourth-order valence-corrected chi connectivity index (χ4v) is 4.22. The number of rotatable bonds is 7. The molecule has 0 saturated carbocycles. The molecule has 30 heavy (non-hydrogen) atoms. The van der Waals surface area contributed by atoms with Crippen LogP contribution in [0.25, 0.3) is 0 Å². The van der Waals surface area contributed by atoms with E-state index in [0.29, 0.717) is 23.4 Å². The van der Waals surface area contributed by atoms with Gasteiger partial charge in [0.25, 0.3) is 0 Å². The highest BCUT2D eigenvalue weighted by molar-refractivity contribution is 7.90. The van der Waals surface area contributed by atoms with E-state index in [9.17, 15) is 18.0 Å². The number of amides is 2. The van der Waals surface area contributed by atoms with E-state index in [4.69, 9.17) is 0 Å². The number of hydrogen-bond acceptors (Lipinski definition) is 4. The van der Waals surface area contributed by atoms with Gasteiger partial charge in [0.05, 0.1) is 10.6 Å². The Bertz CT molecular complexity index is 1140. The summed E-state index contributed by atoms with van der Waals surface area (Å²) in [4.78, 5) is 23.7. The van der Waals surface area contributed by atoms with E-state index >= 15 is 0 Å². The highest BCUT2D eigenvalue weighted by Crippen LogP contribution is 2.20. The second-order valence-corrected chi connectivity index (χ2v) is 8.82. The molecule has 7 heteroatoms. The minimum atomic E-state index is -3.59. The Hall–Kier alpha value is -3.45. The summed E-state index contributed by atoms with van der Waals surface area (Å²) in [6, 6.07) is 21.7. The van der Waals surface area contributed by atoms with Crippen LogP contribution < -0.4 is 10.6 Å². The summed E-state index contributed by atoms with van der Waals surface area (Å²) < 4.78 is 25.4. The van der Waals surface area contributed by atoms with Gasteiger partial charge in [0.2, 0.25) is 0 Å². The van der Waals surface area contributed by atoms with Gasteiger partial charge in [-0.2, -0.15) is 0 Å². The quantitative estimate of drug-likeness (QED) is 0.559. The number of sulfone groups is 1. The average molecular weight is 423 g/mol. The molecule has 2 N–H and O–H groups in total. The first-order chi connectivity index (χ1) is 14.3. The summed E-state index contributed by atoms with van der Waals surface area (Å²) in [5.41, 5.74) is 2.48. The van der Waals surface area contributed by atoms with Gasteiger partial charge in [-0.1, -0.05) is 48.5 Å². The third kappa shape index (κ3) is 5.78. The maximum absolute atomic E-state index is 12.7. The molecule has 0 bridgehead atoms. The van der Waals surface area contributed by atoms with Crippen molar-refractivity contribution in [3.63, 3.8) is 0 Å². The number of benzene rings is 3. The number of carbonyl (C=O) groups is 2. The Balaban J connectivity index is 1.62. The van der Waals surface area contributed by atoms with Crippen molar-refractivity contribution in [3.05, 3.63) is 95.6 Å². The molecule has 0 fully saturated rings. The number of urea groups is 1. The Morgan fingerprint density at radius 3 is 2.17 bits per heavy atom. The van der Waals surface area contributed by atoms with Crippen molar-refractivity contribution in [1.29, 1.82) is 0 Å². The smallest absolute Gasteiger partial charge is 0.319 e. The van der Waals surface area contributed by atoms with Crippen LogP contribution in [-0.2, 0) is 22.1 Å². The first-order valence-electron chi connectivity index (χ1n) is 9.35. The number of ketones is 1. The molecule has 0 atom stereocenters. The number of Topliss-reactive ketones (excluding diaryl/α,β-unsaturated/α-hetero) is 1. The lowest BCUT2D eigenvalue weighted by Crippen LogP contribution is -2.28. The third-order valence-corrected chi connectivity index (χ3v) is 6.16. The molecule has 2 amide bonds. The predicted octanol–water partition coefficient (Wildman–Crippen LogP) is 4.18. The molecule has 0 unspecified atom stereocenters. The second-order valence-electron chi connectivity index (χ2n) is 6.83. The van der Waals surface area contributed by atoms with Crippen molar-refractivity contribution >= 4 is 27.3 Å². The van der Waals surface area contributed by atoms with Gasteiger partial charge < -0.3 is 10.6 Å². The summed E-state index contributed by atoms with van der Waals surface area (Å²) >= 11 is 0. The maximum Gasteiger partial charge on any atom is 0.319 e. The summed E-state index contributed by atoms with van der Waals surface area (Å²) in [6.45, 7) is 1.83. The molecule has 3 aromatic rings. The number of hydrogen-bond donors (Lipinski definition) is 2. The zero-order valence-corrected chi connectivity index (χ0v) is 17.3. The maximum atomic E-state index is 12.7. The largest absolute Gasteiger partial charge is 0.334 e. The molecule has 0 aliphatic heterocycles. The standard InChI is InChI=1S/C23H22N2O4S/c1-17(26)20-9-5-8-19(14-20)16-30(28,29)22-12-10-21(11-13-22)25-23(27)24-15-18-6-3-2-4-7-18/h2-14H,15-16H2,1H3,(H2,24,25,27). The van der Waals surface area contributed by atoms with Crippen LogP contribution in [0.5, 0.6) is 0 Å². The van der Waals surface area contributed by atoms with Gasteiger partial charge in [-0.05, 0) is 48.4 Å². The molecule has 0 aliphatic rings. The van der Waals surface area contributed by atoms with Crippen LogP contribution in [0.4, 0.5) is 10.5 Å². The highest BCUT2D eigenvalue weighted by Gasteiger charge is 2.16. The van der Waals surface area contributed by atoms with Gasteiger partial charge in [-0.15, -0.1) is 0 Å². The predicted molar refractivity (Wildman–Crippen MR) is 116 cm³/mol. The van der Waals surface area contributed by atoms with Crippen LogP contribution in [-0.4, -0.2) is 20.2 Å². The topological polar surface area (TPSA) is 92.3 Å².